The standard InChI is InChI=1S/C12H9FO3S/c13-9-3-1-8(2-4-9)7-17-11-6-5-10(16-11)12(14)15/h1-6H,7H2,(H,14,15). The Morgan fingerprint density at radius 2 is 1.94 bits per heavy atom. The first-order valence-electron chi connectivity index (χ1n) is 4.85. The number of hydrogen-bond donors (Lipinski definition) is 1. The molecule has 5 heteroatoms. The maximum absolute atomic E-state index is 12.7. The van der Waals surface area contributed by atoms with Crippen LogP contribution in [0.15, 0.2) is 45.9 Å². The first-order valence-corrected chi connectivity index (χ1v) is 5.84. The van der Waals surface area contributed by atoms with E-state index in [9.17, 15) is 9.18 Å². The summed E-state index contributed by atoms with van der Waals surface area (Å²) in [5, 5.41) is 9.20. The van der Waals surface area contributed by atoms with Crippen molar-refractivity contribution in [3.63, 3.8) is 0 Å². The number of furan rings is 1. The number of carboxylic acids is 1. The van der Waals surface area contributed by atoms with Gasteiger partial charge in [-0.15, -0.1) is 0 Å². The van der Waals surface area contributed by atoms with Crippen molar-refractivity contribution in [1.82, 2.24) is 0 Å². The molecule has 0 saturated carbocycles. The third-order valence-electron chi connectivity index (χ3n) is 2.09. The summed E-state index contributed by atoms with van der Waals surface area (Å²) in [4.78, 5) is 10.6. The number of thioether (sulfide) groups is 1. The summed E-state index contributed by atoms with van der Waals surface area (Å²) < 4.78 is 17.7. The molecular formula is C12H9FO3S. The zero-order valence-corrected chi connectivity index (χ0v) is 9.54. The second kappa shape index (κ2) is 5.05. The quantitative estimate of drug-likeness (QED) is 0.847. The van der Waals surface area contributed by atoms with Gasteiger partial charge in [-0.25, -0.2) is 9.18 Å². The van der Waals surface area contributed by atoms with Gasteiger partial charge < -0.3 is 9.52 Å². The largest absolute Gasteiger partial charge is 0.475 e. The fraction of sp³-hybridized carbons (Fsp3) is 0.0833. The molecule has 0 aliphatic carbocycles. The third-order valence-corrected chi connectivity index (χ3v) is 3.07. The summed E-state index contributed by atoms with van der Waals surface area (Å²) in [6.07, 6.45) is 0. The van der Waals surface area contributed by atoms with Gasteiger partial charge in [0.1, 0.15) is 5.82 Å². The van der Waals surface area contributed by atoms with Gasteiger partial charge in [0.15, 0.2) is 5.09 Å². The number of hydrogen-bond acceptors (Lipinski definition) is 3. The smallest absolute Gasteiger partial charge is 0.371 e. The fourth-order valence-corrected chi connectivity index (χ4v) is 2.06. The topological polar surface area (TPSA) is 50.4 Å². The van der Waals surface area contributed by atoms with E-state index in [1.165, 1.54) is 30.0 Å². The molecule has 0 radical (unpaired) electrons. The van der Waals surface area contributed by atoms with Gasteiger partial charge in [0.25, 0.3) is 0 Å². The lowest BCUT2D eigenvalue weighted by Crippen LogP contribution is -1.91. The minimum Gasteiger partial charge on any atom is -0.475 e. The van der Waals surface area contributed by atoms with E-state index in [0.717, 1.165) is 5.56 Å². The highest BCUT2D eigenvalue weighted by Gasteiger charge is 2.09. The summed E-state index contributed by atoms with van der Waals surface area (Å²) in [6, 6.07) is 9.17. The molecule has 0 aliphatic rings. The van der Waals surface area contributed by atoms with Gasteiger partial charge in [0.2, 0.25) is 5.76 Å². The molecule has 0 unspecified atom stereocenters. The van der Waals surface area contributed by atoms with Gasteiger partial charge in [-0.3, -0.25) is 0 Å². The van der Waals surface area contributed by atoms with Gasteiger partial charge in [0.05, 0.1) is 0 Å². The van der Waals surface area contributed by atoms with Crippen LogP contribution >= 0.6 is 11.8 Å². The van der Waals surface area contributed by atoms with Crippen LogP contribution in [-0.4, -0.2) is 11.1 Å². The van der Waals surface area contributed by atoms with Crippen LogP contribution in [0, 0.1) is 5.82 Å². The summed E-state index contributed by atoms with van der Waals surface area (Å²) in [5.41, 5.74) is 0.949. The van der Waals surface area contributed by atoms with Crippen LogP contribution < -0.4 is 0 Å². The first-order chi connectivity index (χ1) is 8.15. The van der Waals surface area contributed by atoms with E-state index in [4.69, 9.17) is 9.52 Å². The van der Waals surface area contributed by atoms with Crippen molar-refractivity contribution in [1.29, 1.82) is 0 Å². The Kier molecular flexibility index (Phi) is 3.49. The molecule has 2 aromatic rings. The molecule has 1 aromatic heterocycles. The lowest BCUT2D eigenvalue weighted by molar-refractivity contribution is 0.0656. The van der Waals surface area contributed by atoms with Crippen LogP contribution in [0.1, 0.15) is 16.1 Å². The van der Waals surface area contributed by atoms with E-state index >= 15 is 0 Å². The molecule has 0 atom stereocenters. The Morgan fingerprint density at radius 1 is 1.24 bits per heavy atom. The summed E-state index contributed by atoms with van der Waals surface area (Å²) in [5.74, 6) is -0.831. The van der Waals surface area contributed by atoms with Crippen molar-refractivity contribution in [3.8, 4) is 0 Å². The highest BCUT2D eigenvalue weighted by molar-refractivity contribution is 7.98. The third kappa shape index (κ3) is 3.10. The van der Waals surface area contributed by atoms with Crippen molar-refractivity contribution in [2.24, 2.45) is 0 Å². The Labute approximate surface area is 101 Å². The summed E-state index contributed by atoms with van der Waals surface area (Å²) in [7, 11) is 0. The van der Waals surface area contributed by atoms with Crippen molar-refractivity contribution in [3.05, 3.63) is 53.5 Å². The molecule has 0 bridgehead atoms. The Hall–Kier alpha value is -1.75. The van der Waals surface area contributed by atoms with Crippen LogP contribution in [0.3, 0.4) is 0 Å². The Bertz CT molecular complexity index is 519. The Morgan fingerprint density at radius 3 is 2.53 bits per heavy atom. The summed E-state index contributed by atoms with van der Waals surface area (Å²) in [6.45, 7) is 0. The monoisotopic (exact) mass is 252 g/mol. The van der Waals surface area contributed by atoms with E-state index < -0.39 is 5.97 Å². The van der Waals surface area contributed by atoms with Crippen LogP contribution in [0.2, 0.25) is 0 Å². The van der Waals surface area contributed by atoms with Crippen molar-refractivity contribution >= 4 is 17.7 Å². The highest BCUT2D eigenvalue weighted by atomic mass is 32.2. The predicted molar refractivity (Wildman–Crippen MR) is 61.6 cm³/mol. The molecule has 0 spiro atoms. The molecular weight excluding hydrogens is 243 g/mol. The van der Waals surface area contributed by atoms with Crippen LogP contribution in [0.4, 0.5) is 4.39 Å². The maximum atomic E-state index is 12.7. The van der Waals surface area contributed by atoms with Gasteiger partial charge in [-0.1, -0.05) is 23.9 Å². The molecule has 0 amide bonds. The molecule has 0 saturated heterocycles. The lowest BCUT2D eigenvalue weighted by atomic mass is 10.2. The number of rotatable bonds is 4. The fourth-order valence-electron chi connectivity index (χ4n) is 1.25. The molecule has 1 aromatic carbocycles. The van der Waals surface area contributed by atoms with Gasteiger partial charge in [-0.05, 0) is 29.8 Å². The number of carboxylic acid groups (broad SMARTS) is 1. The normalized spacial score (nSPS) is 10.4. The van der Waals surface area contributed by atoms with Crippen LogP contribution in [0.25, 0.3) is 0 Å². The zero-order valence-electron chi connectivity index (χ0n) is 8.72. The van der Waals surface area contributed by atoms with E-state index in [1.807, 2.05) is 0 Å². The number of aromatic carboxylic acids is 1. The molecule has 2 rings (SSSR count). The predicted octanol–water partition coefficient (Wildman–Crippen LogP) is 3.41. The lowest BCUT2D eigenvalue weighted by Gasteiger charge is -1.98. The average molecular weight is 252 g/mol. The number of benzene rings is 1. The highest BCUT2D eigenvalue weighted by Crippen LogP contribution is 2.24. The van der Waals surface area contributed by atoms with Gasteiger partial charge >= 0.3 is 5.97 Å². The summed E-state index contributed by atoms with van der Waals surface area (Å²) >= 11 is 1.37. The molecule has 3 nitrogen and oxygen atoms in total. The second-order valence-electron chi connectivity index (χ2n) is 3.34. The van der Waals surface area contributed by atoms with E-state index in [1.54, 1.807) is 18.2 Å². The molecule has 1 N–H and O–H groups in total. The van der Waals surface area contributed by atoms with E-state index in [-0.39, 0.29) is 11.6 Å². The minimum atomic E-state index is -1.08. The molecule has 88 valence electrons. The zero-order chi connectivity index (χ0) is 12.3. The molecule has 0 fully saturated rings. The van der Waals surface area contributed by atoms with Crippen LogP contribution in [0.5, 0.6) is 0 Å². The molecule has 17 heavy (non-hydrogen) atoms. The van der Waals surface area contributed by atoms with Gasteiger partial charge in [-0.2, -0.15) is 0 Å². The van der Waals surface area contributed by atoms with Crippen molar-refractivity contribution in [2.45, 2.75) is 10.8 Å². The molecule has 1 heterocycles. The van der Waals surface area contributed by atoms with E-state index in [0.29, 0.717) is 10.8 Å². The first kappa shape index (κ1) is 11.7. The number of halogens is 1. The molecule has 0 aliphatic heterocycles. The van der Waals surface area contributed by atoms with Gasteiger partial charge in [0, 0.05) is 5.75 Å². The SMILES string of the molecule is O=C(O)c1ccc(SCc2ccc(F)cc2)o1. The van der Waals surface area contributed by atoms with Crippen molar-refractivity contribution < 1.29 is 18.7 Å². The minimum absolute atomic E-state index is 0.0772. The van der Waals surface area contributed by atoms with Crippen LogP contribution in [-0.2, 0) is 5.75 Å². The maximum Gasteiger partial charge on any atom is 0.371 e. The Balaban J connectivity index is 1.97. The van der Waals surface area contributed by atoms with Crippen molar-refractivity contribution in [2.75, 3.05) is 0 Å². The number of carbonyl (C=O) groups is 1. The second-order valence-corrected chi connectivity index (χ2v) is 4.32. The van der Waals surface area contributed by atoms with E-state index in [2.05, 4.69) is 0 Å². The average Bonchev–Trinajstić information content (AvgIpc) is 2.77.